The molecule has 0 bridgehead atoms. The summed E-state index contributed by atoms with van der Waals surface area (Å²) in [6, 6.07) is 1.12. The fraction of sp³-hybridized carbons (Fsp3) is 0.545. The minimum absolute atomic E-state index is 0.0918. The van der Waals surface area contributed by atoms with E-state index in [4.69, 9.17) is 0 Å². The second-order valence-corrected chi connectivity index (χ2v) is 6.25. The van der Waals surface area contributed by atoms with Crippen LogP contribution >= 0.6 is 0 Å². The molecule has 0 aromatic carbocycles. The number of hydrogen-bond acceptors (Lipinski definition) is 4. The first-order chi connectivity index (χ1) is 8.49. The van der Waals surface area contributed by atoms with Crippen molar-refractivity contribution in [2.75, 3.05) is 20.1 Å². The third-order valence-electron chi connectivity index (χ3n) is 3.12. The van der Waals surface area contributed by atoms with Crippen molar-refractivity contribution in [1.29, 1.82) is 0 Å². The van der Waals surface area contributed by atoms with Gasteiger partial charge in [-0.05, 0) is 33.0 Å². The molecule has 0 saturated carbocycles. The first-order valence-corrected chi connectivity index (χ1v) is 7.35. The van der Waals surface area contributed by atoms with E-state index in [1.54, 1.807) is 0 Å². The van der Waals surface area contributed by atoms with Crippen molar-refractivity contribution in [3.05, 3.63) is 28.7 Å². The standard InChI is InChI=1S/C11H17N3O3S/c1-14-6-3-9(4-7-14)13-18(16,17)11-8-12-5-2-10(11)15/h2,5,8-9,13H,3-4,6-7H2,1H3,(H,12,15). The molecule has 2 N–H and O–H groups in total. The molecule has 2 heterocycles. The molecule has 100 valence electrons. The highest BCUT2D eigenvalue weighted by atomic mass is 32.2. The van der Waals surface area contributed by atoms with Crippen molar-refractivity contribution in [3.8, 4) is 0 Å². The lowest BCUT2D eigenvalue weighted by Gasteiger charge is -2.29. The van der Waals surface area contributed by atoms with Crippen molar-refractivity contribution < 1.29 is 8.42 Å². The molecule has 2 rings (SSSR count). The van der Waals surface area contributed by atoms with Crippen LogP contribution in [0, 0.1) is 0 Å². The number of aromatic nitrogens is 1. The summed E-state index contributed by atoms with van der Waals surface area (Å²) < 4.78 is 26.7. The average molecular weight is 271 g/mol. The molecular formula is C11H17N3O3S. The van der Waals surface area contributed by atoms with E-state index in [1.165, 1.54) is 18.5 Å². The first kappa shape index (κ1) is 13.3. The maximum Gasteiger partial charge on any atom is 0.246 e. The summed E-state index contributed by atoms with van der Waals surface area (Å²) in [5, 5.41) is 0. The third-order valence-corrected chi connectivity index (χ3v) is 4.66. The number of pyridine rings is 1. The SMILES string of the molecule is CN1CCC(NS(=O)(=O)c2c[nH]ccc2=O)CC1. The molecule has 6 nitrogen and oxygen atoms in total. The summed E-state index contributed by atoms with van der Waals surface area (Å²) in [4.78, 5) is 16.1. The van der Waals surface area contributed by atoms with Crippen LogP contribution in [-0.4, -0.2) is 44.5 Å². The number of H-pyrrole nitrogens is 1. The van der Waals surface area contributed by atoms with E-state index < -0.39 is 15.5 Å². The van der Waals surface area contributed by atoms with Crippen molar-refractivity contribution in [2.45, 2.75) is 23.8 Å². The number of nitrogens with one attached hydrogen (secondary N) is 2. The van der Waals surface area contributed by atoms with Crippen LogP contribution in [-0.2, 0) is 10.0 Å². The van der Waals surface area contributed by atoms with Crippen LogP contribution in [0.15, 0.2) is 28.2 Å². The molecule has 1 fully saturated rings. The highest BCUT2D eigenvalue weighted by Gasteiger charge is 2.24. The Bertz CT molecular complexity index is 559. The molecule has 1 aromatic heterocycles. The Morgan fingerprint density at radius 1 is 1.39 bits per heavy atom. The van der Waals surface area contributed by atoms with Crippen molar-refractivity contribution in [1.82, 2.24) is 14.6 Å². The van der Waals surface area contributed by atoms with Crippen LogP contribution in [0.3, 0.4) is 0 Å². The largest absolute Gasteiger partial charge is 0.366 e. The van der Waals surface area contributed by atoms with Gasteiger partial charge in [-0.3, -0.25) is 4.79 Å². The lowest BCUT2D eigenvalue weighted by Crippen LogP contribution is -2.44. The van der Waals surface area contributed by atoms with E-state index in [9.17, 15) is 13.2 Å². The average Bonchev–Trinajstić information content (AvgIpc) is 2.32. The number of hydrogen-bond donors (Lipinski definition) is 2. The van der Waals surface area contributed by atoms with E-state index in [1.807, 2.05) is 7.05 Å². The van der Waals surface area contributed by atoms with Crippen LogP contribution in [0.4, 0.5) is 0 Å². The monoisotopic (exact) mass is 271 g/mol. The summed E-state index contributed by atoms with van der Waals surface area (Å²) in [5.41, 5.74) is -0.492. The van der Waals surface area contributed by atoms with E-state index in [2.05, 4.69) is 14.6 Å². The molecule has 1 aliphatic heterocycles. The number of rotatable bonds is 3. The van der Waals surface area contributed by atoms with Crippen molar-refractivity contribution in [2.24, 2.45) is 0 Å². The number of piperidine rings is 1. The van der Waals surface area contributed by atoms with Gasteiger partial charge in [-0.1, -0.05) is 0 Å². The van der Waals surface area contributed by atoms with Crippen LogP contribution < -0.4 is 10.2 Å². The van der Waals surface area contributed by atoms with Gasteiger partial charge >= 0.3 is 0 Å². The number of sulfonamides is 1. The van der Waals surface area contributed by atoms with Gasteiger partial charge in [0, 0.05) is 24.5 Å². The summed E-state index contributed by atoms with van der Waals surface area (Å²) in [7, 11) is -1.71. The molecule has 0 radical (unpaired) electrons. The molecule has 0 atom stereocenters. The maximum absolute atomic E-state index is 12.1. The first-order valence-electron chi connectivity index (χ1n) is 5.87. The Morgan fingerprint density at radius 3 is 2.67 bits per heavy atom. The third kappa shape index (κ3) is 2.98. The Labute approximate surface area is 106 Å². The van der Waals surface area contributed by atoms with Crippen LogP contribution in [0.1, 0.15) is 12.8 Å². The van der Waals surface area contributed by atoms with Gasteiger partial charge in [0.25, 0.3) is 0 Å². The minimum atomic E-state index is -3.72. The Balaban J connectivity index is 2.13. The van der Waals surface area contributed by atoms with Crippen molar-refractivity contribution in [3.63, 3.8) is 0 Å². The number of likely N-dealkylation sites (tertiary alicyclic amines) is 1. The highest BCUT2D eigenvalue weighted by molar-refractivity contribution is 7.89. The summed E-state index contributed by atoms with van der Waals surface area (Å²) >= 11 is 0. The molecule has 1 aromatic rings. The van der Waals surface area contributed by atoms with Gasteiger partial charge in [0.05, 0.1) is 0 Å². The molecule has 18 heavy (non-hydrogen) atoms. The van der Waals surface area contributed by atoms with Crippen LogP contribution in [0.5, 0.6) is 0 Å². The van der Waals surface area contributed by atoms with Gasteiger partial charge in [-0.25, -0.2) is 13.1 Å². The van der Waals surface area contributed by atoms with E-state index in [-0.39, 0.29) is 10.9 Å². The predicted octanol–water partition coefficient (Wildman–Crippen LogP) is -0.253. The molecule has 1 saturated heterocycles. The maximum atomic E-state index is 12.1. The zero-order chi connectivity index (χ0) is 13.2. The summed E-state index contributed by atoms with van der Waals surface area (Å²) in [5.74, 6) is 0. The van der Waals surface area contributed by atoms with Gasteiger partial charge in [0.2, 0.25) is 15.5 Å². The molecule has 0 spiro atoms. The van der Waals surface area contributed by atoms with Gasteiger partial charge in [-0.2, -0.15) is 0 Å². The lowest BCUT2D eigenvalue weighted by atomic mass is 10.1. The van der Waals surface area contributed by atoms with Crippen LogP contribution in [0.2, 0.25) is 0 Å². The predicted molar refractivity (Wildman–Crippen MR) is 67.9 cm³/mol. The lowest BCUT2D eigenvalue weighted by molar-refractivity contribution is 0.248. The zero-order valence-corrected chi connectivity index (χ0v) is 11.0. The Morgan fingerprint density at radius 2 is 2.06 bits per heavy atom. The zero-order valence-electron chi connectivity index (χ0n) is 10.2. The molecule has 0 unspecified atom stereocenters. The second-order valence-electron chi connectivity index (χ2n) is 4.57. The molecule has 0 aliphatic carbocycles. The van der Waals surface area contributed by atoms with Crippen molar-refractivity contribution >= 4 is 10.0 Å². The summed E-state index contributed by atoms with van der Waals surface area (Å²) in [6.45, 7) is 1.72. The smallest absolute Gasteiger partial charge is 0.246 e. The molecular weight excluding hydrogens is 254 g/mol. The Kier molecular flexibility index (Phi) is 3.84. The second kappa shape index (κ2) is 5.21. The van der Waals surface area contributed by atoms with Crippen LogP contribution in [0.25, 0.3) is 0 Å². The van der Waals surface area contributed by atoms with Gasteiger partial charge in [0.15, 0.2) is 0 Å². The number of aromatic amines is 1. The highest BCUT2D eigenvalue weighted by Crippen LogP contribution is 2.11. The van der Waals surface area contributed by atoms with E-state index in [0.29, 0.717) is 0 Å². The number of nitrogens with zero attached hydrogens (tertiary/aromatic N) is 1. The minimum Gasteiger partial charge on any atom is -0.366 e. The quantitative estimate of drug-likeness (QED) is 0.794. The molecule has 0 amide bonds. The molecule has 1 aliphatic rings. The topological polar surface area (TPSA) is 82.3 Å². The normalized spacial score (nSPS) is 18.9. The summed E-state index contributed by atoms with van der Waals surface area (Å²) in [6.07, 6.45) is 4.16. The van der Waals surface area contributed by atoms with E-state index >= 15 is 0 Å². The van der Waals surface area contributed by atoms with Gasteiger partial charge < -0.3 is 9.88 Å². The molecule has 7 heteroatoms. The fourth-order valence-electron chi connectivity index (χ4n) is 2.02. The fourth-order valence-corrected chi connectivity index (χ4v) is 3.38. The Hall–Kier alpha value is -1.18. The van der Waals surface area contributed by atoms with Gasteiger partial charge in [-0.15, -0.1) is 0 Å². The van der Waals surface area contributed by atoms with Gasteiger partial charge in [0.1, 0.15) is 4.90 Å². The van der Waals surface area contributed by atoms with E-state index in [0.717, 1.165) is 25.9 Å².